The van der Waals surface area contributed by atoms with Crippen LogP contribution in [0.2, 0.25) is 5.15 Å². The maximum atomic E-state index is 12.5. The van der Waals surface area contributed by atoms with Gasteiger partial charge in [0.25, 0.3) is 5.91 Å². The lowest BCUT2D eigenvalue weighted by atomic mass is 9.89. The topological polar surface area (TPSA) is 42.0 Å². The normalized spacial score (nSPS) is 11.6. The summed E-state index contributed by atoms with van der Waals surface area (Å²) in [6.07, 6.45) is 2.69. The molecule has 1 aromatic heterocycles. The highest BCUT2D eigenvalue weighted by Crippen LogP contribution is 2.24. The first-order valence-corrected chi connectivity index (χ1v) is 7.80. The predicted octanol–water partition coefficient (Wildman–Crippen LogP) is 4.59. The Morgan fingerprint density at radius 1 is 1.19 bits per heavy atom. The molecule has 1 N–H and O–H groups in total. The van der Waals surface area contributed by atoms with Crippen LogP contribution in [-0.2, 0) is 0 Å². The number of benzene rings is 1. The fourth-order valence-electron chi connectivity index (χ4n) is 2.59. The van der Waals surface area contributed by atoms with E-state index < -0.39 is 0 Å². The Hall–Kier alpha value is -1.61. The molecule has 21 heavy (non-hydrogen) atoms. The minimum atomic E-state index is -0.170. The van der Waals surface area contributed by atoms with Crippen molar-refractivity contribution in [1.82, 2.24) is 10.3 Å². The summed E-state index contributed by atoms with van der Waals surface area (Å²) in [4.78, 5) is 16.7. The zero-order valence-electron chi connectivity index (χ0n) is 12.7. The molecule has 0 spiro atoms. The highest BCUT2D eigenvalue weighted by Gasteiger charge is 2.27. The fourth-order valence-corrected chi connectivity index (χ4v) is 2.86. The van der Waals surface area contributed by atoms with Crippen LogP contribution >= 0.6 is 11.6 Å². The van der Waals surface area contributed by atoms with Gasteiger partial charge in [-0.1, -0.05) is 56.6 Å². The molecule has 3 nitrogen and oxygen atoms in total. The van der Waals surface area contributed by atoms with E-state index in [9.17, 15) is 4.79 Å². The third-order valence-corrected chi connectivity index (χ3v) is 4.62. The molecule has 0 aliphatic carbocycles. The molecule has 0 atom stereocenters. The number of nitrogens with zero attached hydrogens (tertiary/aromatic N) is 1. The summed E-state index contributed by atoms with van der Waals surface area (Å²) in [5, 5.41) is 5.29. The summed E-state index contributed by atoms with van der Waals surface area (Å²) in [5.41, 5.74) is 0.204. The molecule has 4 heteroatoms. The van der Waals surface area contributed by atoms with E-state index >= 15 is 0 Å². The van der Waals surface area contributed by atoms with Crippen LogP contribution in [0, 0.1) is 0 Å². The molecule has 0 saturated heterocycles. The van der Waals surface area contributed by atoms with Gasteiger partial charge in [0, 0.05) is 10.9 Å². The molecular formula is C17H21ClN2O. The first-order valence-electron chi connectivity index (χ1n) is 7.43. The van der Waals surface area contributed by atoms with Crippen molar-refractivity contribution in [3.05, 3.63) is 41.2 Å². The molecule has 2 aromatic rings. The number of halogens is 1. The minimum absolute atomic E-state index is 0.159. The van der Waals surface area contributed by atoms with Crippen molar-refractivity contribution in [2.45, 2.75) is 45.6 Å². The second kappa shape index (κ2) is 6.44. The quantitative estimate of drug-likeness (QED) is 0.821. The number of hydrogen-bond donors (Lipinski definition) is 1. The van der Waals surface area contributed by atoms with Crippen LogP contribution in [0.3, 0.4) is 0 Å². The van der Waals surface area contributed by atoms with Crippen molar-refractivity contribution < 1.29 is 4.79 Å². The highest BCUT2D eigenvalue weighted by atomic mass is 35.5. The van der Waals surface area contributed by atoms with Crippen molar-refractivity contribution in [1.29, 1.82) is 0 Å². The SMILES string of the molecule is CCC(CC)(CC)NC(=O)c1cc2ccccc2c(Cl)n1. The van der Waals surface area contributed by atoms with Crippen LogP contribution < -0.4 is 5.32 Å². The molecule has 0 aliphatic heterocycles. The predicted molar refractivity (Wildman–Crippen MR) is 87.8 cm³/mol. The molecule has 0 radical (unpaired) electrons. The van der Waals surface area contributed by atoms with Gasteiger partial charge in [0.2, 0.25) is 0 Å². The number of carbonyl (C=O) groups excluding carboxylic acids is 1. The van der Waals surface area contributed by atoms with Crippen LogP contribution in [0.5, 0.6) is 0 Å². The fraction of sp³-hybridized carbons (Fsp3) is 0.412. The molecule has 0 fully saturated rings. The minimum Gasteiger partial charge on any atom is -0.345 e. The van der Waals surface area contributed by atoms with Crippen LogP contribution in [-0.4, -0.2) is 16.4 Å². The first kappa shape index (κ1) is 15.8. The summed E-state index contributed by atoms with van der Waals surface area (Å²) in [5.74, 6) is -0.159. The van der Waals surface area contributed by atoms with Gasteiger partial charge in [0.1, 0.15) is 10.8 Å². The zero-order chi connectivity index (χ0) is 15.5. The number of pyridine rings is 1. The smallest absolute Gasteiger partial charge is 0.270 e. The maximum absolute atomic E-state index is 12.5. The number of amides is 1. The van der Waals surface area contributed by atoms with Gasteiger partial charge in [-0.3, -0.25) is 4.79 Å². The Morgan fingerprint density at radius 2 is 1.81 bits per heavy atom. The van der Waals surface area contributed by atoms with E-state index in [0.717, 1.165) is 30.0 Å². The number of nitrogens with one attached hydrogen (secondary N) is 1. The summed E-state index contributed by atoms with van der Waals surface area (Å²) in [7, 11) is 0. The molecule has 0 bridgehead atoms. The lowest BCUT2D eigenvalue weighted by molar-refractivity contribution is 0.0883. The molecule has 1 aromatic carbocycles. The molecule has 1 heterocycles. The van der Waals surface area contributed by atoms with Gasteiger partial charge >= 0.3 is 0 Å². The zero-order valence-corrected chi connectivity index (χ0v) is 13.5. The van der Waals surface area contributed by atoms with Gasteiger partial charge in [0.15, 0.2) is 0 Å². The van der Waals surface area contributed by atoms with Gasteiger partial charge < -0.3 is 5.32 Å². The number of fused-ring (bicyclic) bond motifs is 1. The van der Waals surface area contributed by atoms with Crippen LogP contribution in [0.4, 0.5) is 0 Å². The van der Waals surface area contributed by atoms with Crippen molar-refractivity contribution in [3.8, 4) is 0 Å². The maximum Gasteiger partial charge on any atom is 0.270 e. The highest BCUT2D eigenvalue weighted by molar-refractivity contribution is 6.34. The summed E-state index contributed by atoms with van der Waals surface area (Å²) < 4.78 is 0. The van der Waals surface area contributed by atoms with Crippen molar-refractivity contribution in [2.75, 3.05) is 0 Å². The van der Waals surface area contributed by atoms with Crippen molar-refractivity contribution in [2.24, 2.45) is 0 Å². The van der Waals surface area contributed by atoms with Gasteiger partial charge in [0.05, 0.1) is 0 Å². The van der Waals surface area contributed by atoms with Gasteiger partial charge in [-0.05, 0) is 30.7 Å². The Bertz CT molecular complexity index is 642. The third kappa shape index (κ3) is 3.18. The van der Waals surface area contributed by atoms with Gasteiger partial charge in [-0.25, -0.2) is 4.98 Å². The Morgan fingerprint density at radius 3 is 2.43 bits per heavy atom. The standard InChI is InChI=1S/C17H21ClN2O/c1-4-17(5-2,6-3)20-16(21)14-11-12-9-7-8-10-13(12)15(18)19-14/h7-11H,4-6H2,1-3H3,(H,20,21). The number of hydrogen-bond acceptors (Lipinski definition) is 2. The molecule has 0 unspecified atom stereocenters. The Kier molecular flexibility index (Phi) is 4.84. The monoisotopic (exact) mass is 304 g/mol. The largest absolute Gasteiger partial charge is 0.345 e. The molecular weight excluding hydrogens is 284 g/mol. The van der Waals surface area contributed by atoms with Crippen LogP contribution in [0.15, 0.2) is 30.3 Å². The summed E-state index contributed by atoms with van der Waals surface area (Å²) in [6.45, 7) is 6.27. The van der Waals surface area contributed by atoms with Crippen LogP contribution in [0.1, 0.15) is 50.5 Å². The van der Waals surface area contributed by atoms with Crippen LogP contribution in [0.25, 0.3) is 10.8 Å². The molecule has 0 aliphatic rings. The number of carbonyl (C=O) groups is 1. The van der Waals surface area contributed by atoms with E-state index in [2.05, 4.69) is 31.1 Å². The second-order valence-electron chi connectivity index (χ2n) is 5.31. The Balaban J connectivity index is 2.35. The van der Waals surface area contributed by atoms with E-state index in [1.165, 1.54) is 0 Å². The lowest BCUT2D eigenvalue weighted by Gasteiger charge is -2.31. The van der Waals surface area contributed by atoms with E-state index in [4.69, 9.17) is 11.6 Å². The van der Waals surface area contributed by atoms with Crippen molar-refractivity contribution in [3.63, 3.8) is 0 Å². The van der Waals surface area contributed by atoms with E-state index in [-0.39, 0.29) is 11.4 Å². The van der Waals surface area contributed by atoms with Gasteiger partial charge in [-0.15, -0.1) is 0 Å². The van der Waals surface area contributed by atoms with E-state index in [1.54, 1.807) is 6.07 Å². The first-order chi connectivity index (χ1) is 10.0. The lowest BCUT2D eigenvalue weighted by Crippen LogP contribution is -2.47. The average Bonchev–Trinajstić information content (AvgIpc) is 2.52. The molecule has 112 valence electrons. The summed E-state index contributed by atoms with van der Waals surface area (Å²) in [6, 6.07) is 9.47. The third-order valence-electron chi connectivity index (χ3n) is 4.34. The molecule has 1 amide bonds. The average molecular weight is 305 g/mol. The number of rotatable bonds is 5. The molecule has 0 saturated carbocycles. The van der Waals surface area contributed by atoms with Crippen molar-refractivity contribution >= 4 is 28.3 Å². The second-order valence-corrected chi connectivity index (χ2v) is 5.67. The molecule has 2 rings (SSSR count). The van der Waals surface area contributed by atoms with E-state index in [0.29, 0.717) is 10.8 Å². The Labute approximate surface area is 130 Å². The summed E-state index contributed by atoms with van der Waals surface area (Å²) >= 11 is 6.19. The van der Waals surface area contributed by atoms with E-state index in [1.807, 2.05) is 24.3 Å². The van der Waals surface area contributed by atoms with Gasteiger partial charge in [-0.2, -0.15) is 0 Å². The number of aromatic nitrogens is 1.